The molecule has 21 heavy (non-hydrogen) atoms. The predicted molar refractivity (Wildman–Crippen MR) is 90.1 cm³/mol. The zero-order valence-electron chi connectivity index (χ0n) is 13.4. The molecule has 0 aliphatic heterocycles. The van der Waals surface area contributed by atoms with Gasteiger partial charge in [-0.05, 0) is 48.6 Å². The van der Waals surface area contributed by atoms with Crippen LogP contribution in [0.3, 0.4) is 0 Å². The molecule has 0 aliphatic rings. The van der Waals surface area contributed by atoms with Crippen molar-refractivity contribution in [2.45, 2.75) is 33.6 Å². The number of hydrogen-bond donors (Lipinski definition) is 2. The van der Waals surface area contributed by atoms with Crippen LogP contribution in [0.25, 0.3) is 0 Å². The molecule has 112 valence electrons. The lowest BCUT2D eigenvalue weighted by molar-refractivity contribution is 0.470. The molecule has 0 aromatic heterocycles. The molecule has 0 spiro atoms. The Balaban J connectivity index is 2.15. The Hall–Kier alpha value is -1.96. The van der Waals surface area contributed by atoms with Crippen molar-refractivity contribution < 1.29 is 5.11 Å². The Morgan fingerprint density at radius 1 is 1.00 bits per heavy atom. The topological polar surface area (TPSA) is 32.3 Å². The third-order valence-corrected chi connectivity index (χ3v) is 4.09. The van der Waals surface area contributed by atoms with Gasteiger partial charge in [0.05, 0.1) is 0 Å². The van der Waals surface area contributed by atoms with E-state index >= 15 is 0 Å². The minimum absolute atomic E-state index is 0.363. The van der Waals surface area contributed by atoms with Crippen molar-refractivity contribution in [2.24, 2.45) is 5.92 Å². The summed E-state index contributed by atoms with van der Waals surface area (Å²) in [5.41, 5.74) is 4.46. The largest absolute Gasteiger partial charge is 0.508 e. The quantitative estimate of drug-likeness (QED) is 0.768. The summed E-state index contributed by atoms with van der Waals surface area (Å²) in [7, 11) is 0. The average Bonchev–Trinajstić information content (AvgIpc) is 2.45. The van der Waals surface area contributed by atoms with Crippen molar-refractivity contribution in [3.8, 4) is 5.75 Å². The summed E-state index contributed by atoms with van der Waals surface area (Å²) in [4.78, 5) is 0. The molecule has 2 aromatic rings. The Morgan fingerprint density at radius 3 is 2.29 bits per heavy atom. The van der Waals surface area contributed by atoms with E-state index in [-0.39, 0.29) is 0 Å². The smallest absolute Gasteiger partial charge is 0.118 e. The lowest BCUT2D eigenvalue weighted by atomic mass is 9.88. The summed E-state index contributed by atoms with van der Waals surface area (Å²) in [5.74, 6) is 1.40. The van der Waals surface area contributed by atoms with Crippen molar-refractivity contribution >= 4 is 5.69 Å². The van der Waals surface area contributed by atoms with Gasteiger partial charge in [-0.15, -0.1) is 0 Å². The maximum Gasteiger partial charge on any atom is 0.118 e. The minimum Gasteiger partial charge on any atom is -0.508 e. The first-order valence-corrected chi connectivity index (χ1v) is 7.58. The van der Waals surface area contributed by atoms with Crippen LogP contribution in [-0.2, 0) is 0 Å². The maximum absolute atomic E-state index is 9.74. The molecule has 0 fully saturated rings. The number of anilines is 1. The van der Waals surface area contributed by atoms with E-state index in [4.69, 9.17) is 0 Å². The Morgan fingerprint density at radius 2 is 1.67 bits per heavy atom. The van der Waals surface area contributed by atoms with Gasteiger partial charge in [-0.25, -0.2) is 0 Å². The number of phenols is 1. The van der Waals surface area contributed by atoms with Crippen LogP contribution < -0.4 is 5.32 Å². The van der Waals surface area contributed by atoms with Crippen molar-refractivity contribution in [1.29, 1.82) is 0 Å². The van der Waals surface area contributed by atoms with Crippen LogP contribution in [0.4, 0.5) is 5.69 Å². The van der Waals surface area contributed by atoms with E-state index in [0.29, 0.717) is 17.6 Å². The molecule has 2 nitrogen and oxygen atoms in total. The van der Waals surface area contributed by atoms with Gasteiger partial charge in [0.1, 0.15) is 5.75 Å². The molecule has 0 saturated carbocycles. The highest BCUT2D eigenvalue weighted by molar-refractivity contribution is 5.56. The number of rotatable bonds is 5. The summed E-state index contributed by atoms with van der Waals surface area (Å²) >= 11 is 0. The second kappa shape index (κ2) is 6.66. The molecular formula is C19H25NO. The Bertz CT molecular complexity index is 590. The first kappa shape index (κ1) is 15.4. The fourth-order valence-electron chi connectivity index (χ4n) is 2.65. The third-order valence-electron chi connectivity index (χ3n) is 4.09. The molecule has 0 saturated heterocycles. The van der Waals surface area contributed by atoms with E-state index in [1.54, 1.807) is 0 Å². The number of phenolic OH excluding ortho intramolecular Hbond substituents is 1. The van der Waals surface area contributed by atoms with E-state index < -0.39 is 0 Å². The van der Waals surface area contributed by atoms with Gasteiger partial charge < -0.3 is 10.4 Å². The van der Waals surface area contributed by atoms with Crippen LogP contribution in [0.1, 0.15) is 36.5 Å². The normalized spacial score (nSPS) is 12.4. The zero-order chi connectivity index (χ0) is 15.4. The van der Waals surface area contributed by atoms with Crippen LogP contribution in [-0.4, -0.2) is 11.7 Å². The monoisotopic (exact) mass is 283 g/mol. The minimum atomic E-state index is 0.363. The van der Waals surface area contributed by atoms with Crippen LogP contribution in [0.5, 0.6) is 5.75 Å². The Kier molecular flexibility index (Phi) is 4.89. The summed E-state index contributed by atoms with van der Waals surface area (Å²) in [5, 5.41) is 13.3. The van der Waals surface area contributed by atoms with Gasteiger partial charge >= 0.3 is 0 Å². The van der Waals surface area contributed by atoms with Gasteiger partial charge in [0.25, 0.3) is 0 Å². The maximum atomic E-state index is 9.74. The van der Waals surface area contributed by atoms with Crippen molar-refractivity contribution in [1.82, 2.24) is 0 Å². The average molecular weight is 283 g/mol. The highest BCUT2D eigenvalue weighted by atomic mass is 16.3. The molecule has 1 unspecified atom stereocenters. The molecule has 0 aliphatic carbocycles. The van der Waals surface area contributed by atoms with Gasteiger partial charge in [0.15, 0.2) is 0 Å². The van der Waals surface area contributed by atoms with E-state index in [1.165, 1.54) is 5.56 Å². The zero-order valence-corrected chi connectivity index (χ0v) is 13.4. The van der Waals surface area contributed by atoms with Crippen molar-refractivity contribution in [3.63, 3.8) is 0 Å². The molecule has 1 atom stereocenters. The van der Waals surface area contributed by atoms with Gasteiger partial charge in [-0.1, -0.05) is 44.2 Å². The van der Waals surface area contributed by atoms with E-state index in [9.17, 15) is 5.11 Å². The highest BCUT2D eigenvalue weighted by Gasteiger charge is 2.16. The summed E-state index contributed by atoms with van der Waals surface area (Å²) in [6, 6.07) is 14.5. The summed E-state index contributed by atoms with van der Waals surface area (Å²) in [6.45, 7) is 9.36. The molecule has 2 aromatic carbocycles. The molecule has 0 heterocycles. The van der Waals surface area contributed by atoms with Crippen molar-refractivity contribution in [2.75, 3.05) is 11.9 Å². The standard InChI is InChI=1S/C19H25NO/c1-13(2)17(16-8-6-5-7-9-16)12-20-18-10-15(4)19(21)11-14(18)3/h5-11,13,17,20-21H,12H2,1-4H3. The summed E-state index contributed by atoms with van der Waals surface area (Å²) in [6.07, 6.45) is 0. The van der Waals surface area contributed by atoms with Crippen LogP contribution in [0, 0.1) is 19.8 Å². The number of benzene rings is 2. The van der Waals surface area contributed by atoms with E-state index in [0.717, 1.165) is 23.4 Å². The predicted octanol–water partition coefficient (Wildman–Crippen LogP) is 4.86. The molecule has 2 heteroatoms. The van der Waals surface area contributed by atoms with Gasteiger partial charge in [-0.3, -0.25) is 0 Å². The second-order valence-corrected chi connectivity index (χ2v) is 6.10. The molecule has 0 radical (unpaired) electrons. The third kappa shape index (κ3) is 3.78. The lowest BCUT2D eigenvalue weighted by Crippen LogP contribution is -2.18. The van der Waals surface area contributed by atoms with E-state index in [2.05, 4.69) is 49.5 Å². The molecule has 0 bridgehead atoms. The number of hydrogen-bond acceptors (Lipinski definition) is 2. The number of nitrogens with one attached hydrogen (secondary N) is 1. The highest BCUT2D eigenvalue weighted by Crippen LogP contribution is 2.28. The molecule has 0 amide bonds. The molecular weight excluding hydrogens is 258 g/mol. The fourth-order valence-corrected chi connectivity index (χ4v) is 2.65. The van der Waals surface area contributed by atoms with Crippen molar-refractivity contribution in [3.05, 3.63) is 59.2 Å². The van der Waals surface area contributed by atoms with E-state index in [1.807, 2.05) is 26.0 Å². The molecule has 2 N–H and O–H groups in total. The fraction of sp³-hybridized carbons (Fsp3) is 0.368. The summed E-state index contributed by atoms with van der Waals surface area (Å²) < 4.78 is 0. The van der Waals surface area contributed by atoms with Crippen LogP contribution >= 0.6 is 0 Å². The Labute approximate surface area is 127 Å². The van der Waals surface area contributed by atoms with Gasteiger partial charge in [0, 0.05) is 18.2 Å². The lowest BCUT2D eigenvalue weighted by Gasteiger charge is -2.23. The number of aryl methyl sites for hydroxylation is 2. The first-order chi connectivity index (χ1) is 9.99. The van der Waals surface area contributed by atoms with Gasteiger partial charge in [0.2, 0.25) is 0 Å². The number of aromatic hydroxyl groups is 1. The van der Waals surface area contributed by atoms with Gasteiger partial charge in [-0.2, -0.15) is 0 Å². The first-order valence-electron chi connectivity index (χ1n) is 7.58. The SMILES string of the molecule is Cc1cc(NCC(c2ccccc2)C(C)C)c(C)cc1O. The van der Waals surface area contributed by atoms with Crippen LogP contribution in [0.2, 0.25) is 0 Å². The molecule has 2 rings (SSSR count). The van der Waals surface area contributed by atoms with Crippen LogP contribution in [0.15, 0.2) is 42.5 Å². The second-order valence-electron chi connectivity index (χ2n) is 6.10.